The van der Waals surface area contributed by atoms with Crippen molar-refractivity contribution in [2.75, 3.05) is 46.0 Å². The van der Waals surface area contributed by atoms with Crippen molar-refractivity contribution in [2.24, 2.45) is 4.99 Å². The van der Waals surface area contributed by atoms with Crippen molar-refractivity contribution >= 4 is 22.8 Å². The fourth-order valence-corrected chi connectivity index (χ4v) is 4.63. The lowest BCUT2D eigenvalue weighted by molar-refractivity contribution is -0.123. The van der Waals surface area contributed by atoms with Gasteiger partial charge in [0.15, 0.2) is 5.17 Å². The fraction of sp³-hybridized carbons (Fsp3) is 0.875. The highest BCUT2D eigenvalue weighted by molar-refractivity contribution is 8.16. The molecule has 1 amide bonds. The number of hydrogen-bond donors (Lipinski definition) is 2. The van der Waals surface area contributed by atoms with Crippen LogP contribution in [0, 0.1) is 0 Å². The summed E-state index contributed by atoms with van der Waals surface area (Å²) in [4.78, 5) is 21.7. The average Bonchev–Trinajstić information content (AvgIpc) is 2.91. The van der Waals surface area contributed by atoms with Crippen molar-refractivity contribution in [1.29, 1.82) is 0 Å². The van der Waals surface area contributed by atoms with Gasteiger partial charge in [-0.05, 0) is 51.9 Å². The molecule has 0 aliphatic carbocycles. The van der Waals surface area contributed by atoms with Crippen LogP contribution in [0.1, 0.15) is 38.5 Å². The zero-order valence-corrected chi connectivity index (χ0v) is 14.6. The molecule has 0 aromatic carbocycles. The zero-order chi connectivity index (χ0) is 16.1. The van der Waals surface area contributed by atoms with E-state index in [1.165, 1.54) is 50.3 Å². The molecule has 0 bridgehead atoms. The summed E-state index contributed by atoms with van der Waals surface area (Å²) >= 11 is 1.42. The normalized spacial score (nSPS) is 32.4. The van der Waals surface area contributed by atoms with E-state index in [2.05, 4.69) is 20.1 Å². The van der Waals surface area contributed by atoms with Gasteiger partial charge in [0.05, 0.1) is 13.3 Å². The van der Waals surface area contributed by atoms with Gasteiger partial charge in [-0.2, -0.15) is 0 Å². The lowest BCUT2D eigenvalue weighted by Gasteiger charge is -2.33. The predicted molar refractivity (Wildman–Crippen MR) is 93.6 cm³/mol. The van der Waals surface area contributed by atoms with Gasteiger partial charge in [-0.25, -0.2) is 4.99 Å². The van der Waals surface area contributed by atoms with E-state index < -0.39 is 4.75 Å². The number of piperidine rings is 2. The number of nitrogens with one attached hydrogen (secondary N) is 1. The van der Waals surface area contributed by atoms with Crippen LogP contribution in [-0.4, -0.2) is 76.7 Å². The van der Waals surface area contributed by atoms with E-state index in [0.29, 0.717) is 18.4 Å². The number of aliphatic hydroxyl groups excluding tert-OH is 1. The van der Waals surface area contributed by atoms with E-state index >= 15 is 0 Å². The summed E-state index contributed by atoms with van der Waals surface area (Å²) in [6.45, 7) is 5.35. The predicted octanol–water partition coefficient (Wildman–Crippen LogP) is 0.866. The number of thioether (sulfide) groups is 1. The van der Waals surface area contributed by atoms with Crippen LogP contribution in [0.4, 0.5) is 0 Å². The number of carbonyl (C=O) groups excluding carboxylic acids is 1. The van der Waals surface area contributed by atoms with Crippen molar-refractivity contribution in [3.8, 4) is 0 Å². The zero-order valence-electron chi connectivity index (χ0n) is 13.8. The number of likely N-dealkylation sites (tertiary alicyclic amines) is 2. The molecule has 3 saturated heterocycles. The number of amides is 1. The molecule has 1 atom stereocenters. The van der Waals surface area contributed by atoms with E-state index in [4.69, 9.17) is 0 Å². The minimum Gasteiger partial charge on any atom is -0.394 e. The Morgan fingerprint density at radius 3 is 2.26 bits per heavy atom. The number of amidine groups is 1. The van der Waals surface area contributed by atoms with Gasteiger partial charge in [0.25, 0.3) is 0 Å². The highest BCUT2D eigenvalue weighted by Crippen LogP contribution is 2.33. The first-order valence-electron chi connectivity index (χ1n) is 8.82. The molecule has 0 spiro atoms. The molecule has 3 rings (SSSR count). The number of hydrogen-bond acceptors (Lipinski definition) is 6. The lowest BCUT2D eigenvalue weighted by Crippen LogP contribution is -2.50. The van der Waals surface area contributed by atoms with E-state index in [1.807, 2.05) is 0 Å². The van der Waals surface area contributed by atoms with Crippen LogP contribution < -0.4 is 5.32 Å². The molecule has 3 aliphatic rings. The van der Waals surface area contributed by atoms with Crippen LogP contribution in [0.2, 0.25) is 0 Å². The van der Waals surface area contributed by atoms with Gasteiger partial charge in [0, 0.05) is 6.54 Å². The van der Waals surface area contributed by atoms with E-state index in [9.17, 15) is 9.90 Å². The molecule has 7 heteroatoms. The third kappa shape index (κ3) is 4.26. The minimum atomic E-state index is -0.780. The molecule has 0 saturated carbocycles. The number of rotatable bonds is 5. The molecule has 0 radical (unpaired) electrons. The Kier molecular flexibility index (Phi) is 5.96. The van der Waals surface area contributed by atoms with Gasteiger partial charge in [0.2, 0.25) is 5.91 Å². The second-order valence-corrected chi connectivity index (χ2v) is 8.20. The Balaban J connectivity index is 1.59. The largest absolute Gasteiger partial charge is 0.394 e. The molecular weight excluding hydrogens is 312 g/mol. The van der Waals surface area contributed by atoms with Crippen LogP contribution in [0.3, 0.4) is 0 Å². The molecule has 3 fully saturated rings. The van der Waals surface area contributed by atoms with E-state index in [-0.39, 0.29) is 12.5 Å². The molecular formula is C16H28N4O2S. The van der Waals surface area contributed by atoms with Gasteiger partial charge >= 0.3 is 0 Å². The van der Waals surface area contributed by atoms with Crippen LogP contribution in [0.5, 0.6) is 0 Å². The number of aliphatic imine (C=N–C) groups is 1. The summed E-state index contributed by atoms with van der Waals surface area (Å²) < 4.78 is -0.780. The third-order valence-electron chi connectivity index (χ3n) is 4.97. The highest BCUT2D eigenvalue weighted by Gasteiger charge is 2.47. The van der Waals surface area contributed by atoms with Crippen molar-refractivity contribution < 1.29 is 9.90 Å². The topological polar surface area (TPSA) is 68.2 Å². The molecule has 3 heterocycles. The number of carbonyl (C=O) groups is 1. The van der Waals surface area contributed by atoms with Crippen molar-refractivity contribution in [2.45, 2.75) is 43.3 Å². The minimum absolute atomic E-state index is 0.0898. The first kappa shape index (κ1) is 17.2. The van der Waals surface area contributed by atoms with Crippen molar-refractivity contribution in [3.05, 3.63) is 0 Å². The van der Waals surface area contributed by atoms with Crippen LogP contribution in [0.25, 0.3) is 0 Å². The summed E-state index contributed by atoms with van der Waals surface area (Å²) in [6.07, 6.45) is 7.42. The Morgan fingerprint density at radius 2 is 1.65 bits per heavy atom. The Hall–Kier alpha value is -0.630. The van der Waals surface area contributed by atoms with Crippen LogP contribution in [0.15, 0.2) is 4.99 Å². The monoisotopic (exact) mass is 340 g/mol. The van der Waals surface area contributed by atoms with Crippen molar-refractivity contribution in [3.63, 3.8) is 0 Å². The quantitative estimate of drug-likeness (QED) is 0.777. The third-order valence-corrected chi connectivity index (χ3v) is 6.23. The lowest BCUT2D eigenvalue weighted by atomic mass is 10.1. The van der Waals surface area contributed by atoms with Gasteiger partial charge in [-0.3, -0.25) is 9.69 Å². The first-order chi connectivity index (χ1) is 11.2. The second-order valence-electron chi connectivity index (χ2n) is 6.83. The van der Waals surface area contributed by atoms with E-state index in [1.54, 1.807) is 0 Å². The maximum absolute atomic E-state index is 12.4. The molecule has 2 N–H and O–H groups in total. The molecule has 0 unspecified atom stereocenters. The SMILES string of the molecule is O=C1NC(=NCN2CCCCC2)S[C@]1(CO)CN1CCCCC1. The Labute approximate surface area is 142 Å². The summed E-state index contributed by atoms with van der Waals surface area (Å²) in [5, 5.41) is 13.4. The number of aliphatic hydroxyl groups is 1. The number of nitrogens with zero attached hydrogens (tertiary/aromatic N) is 3. The van der Waals surface area contributed by atoms with E-state index in [0.717, 1.165) is 26.2 Å². The summed E-state index contributed by atoms with van der Waals surface area (Å²) in [5.41, 5.74) is 0. The fourth-order valence-electron chi connectivity index (χ4n) is 3.54. The standard InChI is InChI=1S/C16H28N4O2S/c21-12-16(11-19-7-3-1-4-8-19)14(22)18-15(23-16)17-13-20-9-5-2-6-10-20/h21H,1-13H2,(H,17,18,22)/t16-/m0/s1. The first-order valence-corrected chi connectivity index (χ1v) is 9.64. The highest BCUT2D eigenvalue weighted by atomic mass is 32.2. The smallest absolute Gasteiger partial charge is 0.246 e. The second kappa shape index (κ2) is 7.96. The maximum Gasteiger partial charge on any atom is 0.246 e. The van der Waals surface area contributed by atoms with Crippen LogP contribution >= 0.6 is 11.8 Å². The summed E-state index contributed by atoms with van der Waals surface area (Å²) in [7, 11) is 0. The Bertz CT molecular complexity index is 447. The maximum atomic E-state index is 12.4. The Morgan fingerprint density at radius 1 is 1.04 bits per heavy atom. The van der Waals surface area contributed by atoms with Gasteiger partial charge < -0.3 is 15.3 Å². The molecule has 130 valence electrons. The summed E-state index contributed by atoms with van der Waals surface area (Å²) in [6, 6.07) is 0. The molecule has 23 heavy (non-hydrogen) atoms. The molecule has 0 aromatic heterocycles. The molecule has 6 nitrogen and oxygen atoms in total. The molecule has 3 aliphatic heterocycles. The van der Waals surface area contributed by atoms with Crippen LogP contribution in [-0.2, 0) is 4.79 Å². The van der Waals surface area contributed by atoms with Crippen molar-refractivity contribution in [1.82, 2.24) is 15.1 Å². The molecule has 0 aromatic rings. The van der Waals surface area contributed by atoms with Gasteiger partial charge in [-0.1, -0.05) is 24.6 Å². The van der Waals surface area contributed by atoms with Gasteiger partial charge in [0.1, 0.15) is 4.75 Å². The van der Waals surface area contributed by atoms with Gasteiger partial charge in [-0.15, -0.1) is 0 Å². The average molecular weight is 340 g/mol. The summed E-state index contributed by atoms with van der Waals surface area (Å²) in [5.74, 6) is -0.0898.